The van der Waals surface area contributed by atoms with Gasteiger partial charge in [-0.1, -0.05) is 0 Å². The van der Waals surface area contributed by atoms with Gasteiger partial charge in [0.15, 0.2) is 0 Å². The zero-order valence-corrected chi connectivity index (χ0v) is 14.5. The molecular formula is C18H22N8. The van der Waals surface area contributed by atoms with Crippen LogP contribution in [0.5, 0.6) is 0 Å². The maximum absolute atomic E-state index is 4.45. The second kappa shape index (κ2) is 8.01. The Balaban J connectivity index is 1.36. The van der Waals surface area contributed by atoms with E-state index in [4.69, 9.17) is 0 Å². The molecule has 4 heterocycles. The summed E-state index contributed by atoms with van der Waals surface area (Å²) in [6, 6.07) is 2.00. The summed E-state index contributed by atoms with van der Waals surface area (Å²) in [5.41, 5.74) is 2.22. The number of aromatic nitrogens is 6. The summed E-state index contributed by atoms with van der Waals surface area (Å²) >= 11 is 0. The minimum atomic E-state index is 0.603. The van der Waals surface area contributed by atoms with Crippen LogP contribution < -0.4 is 5.32 Å². The lowest BCUT2D eigenvalue weighted by atomic mass is 9.93. The molecular weight excluding hydrogens is 328 g/mol. The Morgan fingerprint density at radius 1 is 1.12 bits per heavy atom. The molecule has 0 radical (unpaired) electrons. The standard InChI is InChI=1S/C18H22N8/c1-2-14(10-26(5-1)11-16-8-20-12-22-16)6-15-7-17(24-13-23-15)25-18-9-19-3-4-21-18/h3-4,7-9,12-14H,1-2,5-6,10-11H2,(H,20,22)(H,21,23,24,25)/t14-/m0/s1. The van der Waals surface area contributed by atoms with E-state index in [1.54, 1.807) is 31.2 Å². The minimum Gasteiger partial charge on any atom is -0.347 e. The lowest BCUT2D eigenvalue weighted by Gasteiger charge is -2.32. The van der Waals surface area contributed by atoms with Crippen molar-refractivity contribution in [2.75, 3.05) is 18.4 Å². The van der Waals surface area contributed by atoms with E-state index in [-0.39, 0.29) is 0 Å². The van der Waals surface area contributed by atoms with Gasteiger partial charge in [0, 0.05) is 49.1 Å². The third kappa shape index (κ3) is 4.40. The molecule has 3 aromatic rings. The molecule has 0 bridgehead atoms. The molecule has 0 aliphatic carbocycles. The molecule has 1 saturated heterocycles. The Bertz CT molecular complexity index is 805. The van der Waals surface area contributed by atoms with E-state index in [0.717, 1.165) is 37.6 Å². The smallest absolute Gasteiger partial charge is 0.150 e. The molecule has 1 atom stereocenters. The van der Waals surface area contributed by atoms with Gasteiger partial charge in [0.1, 0.15) is 18.0 Å². The van der Waals surface area contributed by atoms with Crippen LogP contribution in [0.3, 0.4) is 0 Å². The quantitative estimate of drug-likeness (QED) is 0.703. The Kier molecular flexibility index (Phi) is 5.11. The van der Waals surface area contributed by atoms with Crippen LogP contribution in [0.1, 0.15) is 24.2 Å². The SMILES string of the molecule is c1cnc(Nc2cc(C[C@@H]3CCCN(Cc4cnc[nH]4)C3)ncn2)cn1. The van der Waals surface area contributed by atoms with Crippen molar-refractivity contribution >= 4 is 11.6 Å². The largest absolute Gasteiger partial charge is 0.347 e. The van der Waals surface area contributed by atoms with Crippen molar-refractivity contribution in [3.05, 3.63) is 54.9 Å². The highest BCUT2D eigenvalue weighted by Crippen LogP contribution is 2.22. The van der Waals surface area contributed by atoms with Crippen molar-refractivity contribution in [2.45, 2.75) is 25.8 Å². The van der Waals surface area contributed by atoms with E-state index >= 15 is 0 Å². The molecule has 8 nitrogen and oxygen atoms in total. The number of nitrogens with zero attached hydrogens (tertiary/aromatic N) is 6. The van der Waals surface area contributed by atoms with Gasteiger partial charge < -0.3 is 10.3 Å². The van der Waals surface area contributed by atoms with Crippen molar-refractivity contribution in [3.63, 3.8) is 0 Å². The first-order valence-corrected chi connectivity index (χ1v) is 8.89. The molecule has 1 aliphatic heterocycles. The summed E-state index contributed by atoms with van der Waals surface area (Å²) in [7, 11) is 0. The van der Waals surface area contributed by atoms with Gasteiger partial charge in [0.05, 0.1) is 12.5 Å². The molecule has 0 saturated carbocycles. The highest BCUT2D eigenvalue weighted by molar-refractivity contribution is 5.49. The Morgan fingerprint density at radius 2 is 2.12 bits per heavy atom. The number of nitrogens with one attached hydrogen (secondary N) is 2. The molecule has 26 heavy (non-hydrogen) atoms. The number of rotatable bonds is 6. The maximum Gasteiger partial charge on any atom is 0.150 e. The molecule has 0 amide bonds. The van der Waals surface area contributed by atoms with Crippen LogP contribution >= 0.6 is 0 Å². The zero-order chi connectivity index (χ0) is 17.6. The van der Waals surface area contributed by atoms with Crippen LogP contribution in [0.4, 0.5) is 11.6 Å². The Morgan fingerprint density at radius 3 is 2.96 bits per heavy atom. The Hall–Kier alpha value is -2.87. The first-order valence-electron chi connectivity index (χ1n) is 8.89. The fraction of sp³-hybridized carbons (Fsp3) is 0.389. The molecule has 1 aliphatic rings. The number of anilines is 2. The van der Waals surface area contributed by atoms with E-state index in [9.17, 15) is 0 Å². The summed E-state index contributed by atoms with van der Waals surface area (Å²) in [4.78, 5) is 26.8. The predicted molar refractivity (Wildman–Crippen MR) is 97.6 cm³/mol. The molecule has 134 valence electrons. The van der Waals surface area contributed by atoms with Gasteiger partial charge in [-0.25, -0.2) is 19.9 Å². The maximum atomic E-state index is 4.45. The number of imidazole rings is 1. The Labute approximate surface area is 152 Å². The van der Waals surface area contributed by atoms with Gasteiger partial charge in [-0.15, -0.1) is 0 Å². The number of piperidine rings is 1. The lowest BCUT2D eigenvalue weighted by Crippen LogP contribution is -2.35. The van der Waals surface area contributed by atoms with E-state index in [0.29, 0.717) is 11.7 Å². The molecule has 4 rings (SSSR count). The van der Waals surface area contributed by atoms with Crippen LogP contribution in [-0.2, 0) is 13.0 Å². The van der Waals surface area contributed by atoms with Crippen molar-refractivity contribution in [1.82, 2.24) is 34.8 Å². The van der Waals surface area contributed by atoms with Crippen LogP contribution in [0.15, 0.2) is 43.5 Å². The lowest BCUT2D eigenvalue weighted by molar-refractivity contribution is 0.165. The van der Waals surface area contributed by atoms with Gasteiger partial charge in [0.25, 0.3) is 0 Å². The van der Waals surface area contributed by atoms with Crippen molar-refractivity contribution in [2.24, 2.45) is 5.92 Å². The molecule has 3 aromatic heterocycles. The number of hydrogen-bond acceptors (Lipinski definition) is 7. The number of H-pyrrole nitrogens is 1. The van der Waals surface area contributed by atoms with Gasteiger partial charge in [0.2, 0.25) is 0 Å². The van der Waals surface area contributed by atoms with Gasteiger partial charge >= 0.3 is 0 Å². The van der Waals surface area contributed by atoms with E-state index < -0.39 is 0 Å². The third-order valence-electron chi connectivity index (χ3n) is 4.59. The second-order valence-corrected chi connectivity index (χ2v) is 6.63. The monoisotopic (exact) mass is 350 g/mol. The predicted octanol–water partition coefficient (Wildman–Crippen LogP) is 2.19. The molecule has 0 unspecified atom stereocenters. The number of hydrogen-bond donors (Lipinski definition) is 2. The van der Waals surface area contributed by atoms with Crippen LogP contribution in [-0.4, -0.2) is 47.9 Å². The highest BCUT2D eigenvalue weighted by atomic mass is 15.1. The average Bonchev–Trinajstić information content (AvgIpc) is 3.16. The molecule has 0 spiro atoms. The zero-order valence-electron chi connectivity index (χ0n) is 14.5. The van der Waals surface area contributed by atoms with Gasteiger partial charge in [-0.2, -0.15) is 0 Å². The van der Waals surface area contributed by atoms with Crippen LogP contribution in [0.25, 0.3) is 0 Å². The van der Waals surface area contributed by atoms with Crippen molar-refractivity contribution in [1.29, 1.82) is 0 Å². The van der Waals surface area contributed by atoms with E-state index in [1.807, 2.05) is 12.3 Å². The second-order valence-electron chi connectivity index (χ2n) is 6.63. The first-order chi connectivity index (χ1) is 12.8. The fourth-order valence-corrected chi connectivity index (χ4v) is 3.44. The average molecular weight is 350 g/mol. The third-order valence-corrected chi connectivity index (χ3v) is 4.59. The fourth-order valence-electron chi connectivity index (χ4n) is 3.44. The first kappa shape index (κ1) is 16.6. The summed E-state index contributed by atoms with van der Waals surface area (Å²) in [5.74, 6) is 2.03. The van der Waals surface area contributed by atoms with Crippen molar-refractivity contribution < 1.29 is 0 Å². The molecule has 8 heteroatoms. The molecule has 1 fully saturated rings. The summed E-state index contributed by atoms with van der Waals surface area (Å²) in [5, 5.41) is 3.17. The summed E-state index contributed by atoms with van der Waals surface area (Å²) in [6.45, 7) is 3.15. The summed E-state index contributed by atoms with van der Waals surface area (Å²) < 4.78 is 0. The molecule has 0 aromatic carbocycles. The number of likely N-dealkylation sites (tertiary alicyclic amines) is 1. The normalized spacial score (nSPS) is 17.9. The van der Waals surface area contributed by atoms with Gasteiger partial charge in [-0.3, -0.25) is 9.88 Å². The van der Waals surface area contributed by atoms with E-state index in [1.165, 1.54) is 18.5 Å². The number of aromatic amines is 1. The van der Waals surface area contributed by atoms with Crippen LogP contribution in [0.2, 0.25) is 0 Å². The highest BCUT2D eigenvalue weighted by Gasteiger charge is 2.21. The summed E-state index contributed by atoms with van der Waals surface area (Å²) in [6.07, 6.45) is 13.6. The molecule has 2 N–H and O–H groups in total. The van der Waals surface area contributed by atoms with Crippen molar-refractivity contribution in [3.8, 4) is 0 Å². The van der Waals surface area contributed by atoms with Crippen LogP contribution in [0, 0.1) is 5.92 Å². The van der Waals surface area contributed by atoms with E-state index in [2.05, 4.69) is 40.1 Å². The van der Waals surface area contributed by atoms with Gasteiger partial charge in [-0.05, 0) is 31.7 Å². The topological polar surface area (TPSA) is 95.5 Å². The minimum absolute atomic E-state index is 0.603.